The Labute approximate surface area is 120 Å². The Bertz CT molecular complexity index is 486. The Morgan fingerprint density at radius 2 is 2.05 bits per heavy atom. The molecule has 1 aliphatic heterocycles. The number of nitrogens with one attached hydrogen (secondary N) is 1. The first-order valence-corrected chi connectivity index (χ1v) is 7.18. The highest BCUT2D eigenvalue weighted by atomic mass is 35.5. The summed E-state index contributed by atoms with van der Waals surface area (Å²) in [7, 11) is 0. The Morgan fingerprint density at radius 3 is 2.68 bits per heavy atom. The minimum absolute atomic E-state index is 0.0792. The van der Waals surface area contributed by atoms with Crippen LogP contribution in [0.5, 0.6) is 0 Å². The molecule has 19 heavy (non-hydrogen) atoms. The van der Waals surface area contributed by atoms with E-state index >= 15 is 0 Å². The molecule has 1 saturated heterocycles. The van der Waals surface area contributed by atoms with Crippen LogP contribution in [-0.4, -0.2) is 18.4 Å². The molecule has 0 amide bonds. The fourth-order valence-electron chi connectivity index (χ4n) is 3.01. The topological polar surface area (TPSA) is 53.1 Å². The maximum Gasteiger partial charge on any atom is 0.124 e. The molecule has 104 valence electrons. The number of rotatable bonds is 2. The van der Waals surface area contributed by atoms with Crippen LogP contribution in [0.3, 0.4) is 0 Å². The quantitative estimate of drug-likeness (QED) is 0.643. The number of halogens is 1. The summed E-state index contributed by atoms with van der Waals surface area (Å²) < 4.78 is 0. The van der Waals surface area contributed by atoms with E-state index in [-0.39, 0.29) is 5.84 Å². The van der Waals surface area contributed by atoms with Crippen LogP contribution in [-0.2, 0) is 0 Å². The van der Waals surface area contributed by atoms with Gasteiger partial charge in [-0.25, -0.2) is 0 Å². The standard InChI is InChI=1S/C15H22ClN3/c1-9-6-10(2)11(3)19(8-9)14-5-4-12(16)7-13(14)15(17)18/h4-5,7,9-11H,6,8H2,1-3H3,(H3,17,18). The van der Waals surface area contributed by atoms with Crippen molar-refractivity contribution < 1.29 is 0 Å². The van der Waals surface area contributed by atoms with Gasteiger partial charge >= 0.3 is 0 Å². The summed E-state index contributed by atoms with van der Waals surface area (Å²) in [6.07, 6.45) is 1.25. The van der Waals surface area contributed by atoms with Crippen molar-refractivity contribution in [3.05, 3.63) is 28.8 Å². The van der Waals surface area contributed by atoms with E-state index < -0.39 is 0 Å². The van der Waals surface area contributed by atoms with E-state index in [0.29, 0.717) is 22.9 Å². The number of hydrogen-bond acceptors (Lipinski definition) is 2. The molecule has 1 aromatic carbocycles. The maximum absolute atomic E-state index is 7.75. The Hall–Kier alpha value is -1.22. The number of piperidine rings is 1. The molecule has 3 unspecified atom stereocenters. The maximum atomic E-state index is 7.75. The largest absolute Gasteiger partial charge is 0.384 e. The van der Waals surface area contributed by atoms with Gasteiger partial charge in [0.1, 0.15) is 5.84 Å². The predicted molar refractivity (Wildman–Crippen MR) is 82.2 cm³/mol. The summed E-state index contributed by atoms with van der Waals surface area (Å²) >= 11 is 6.02. The van der Waals surface area contributed by atoms with Crippen molar-refractivity contribution in [2.45, 2.75) is 33.2 Å². The molecule has 0 spiro atoms. The number of nitrogens with zero attached hydrogens (tertiary/aromatic N) is 1. The Balaban J connectivity index is 2.42. The third kappa shape index (κ3) is 2.86. The highest BCUT2D eigenvalue weighted by Crippen LogP contribution is 2.34. The zero-order valence-electron chi connectivity index (χ0n) is 11.8. The summed E-state index contributed by atoms with van der Waals surface area (Å²) in [6, 6.07) is 6.10. The molecule has 0 radical (unpaired) electrons. The predicted octanol–water partition coefficient (Wildman–Crippen LogP) is 3.49. The van der Waals surface area contributed by atoms with E-state index in [4.69, 9.17) is 22.7 Å². The van der Waals surface area contributed by atoms with Crippen LogP contribution >= 0.6 is 11.6 Å². The molecule has 0 aliphatic carbocycles. The van der Waals surface area contributed by atoms with Crippen LogP contribution in [0.1, 0.15) is 32.8 Å². The van der Waals surface area contributed by atoms with Crippen molar-refractivity contribution in [1.82, 2.24) is 0 Å². The molecule has 1 fully saturated rings. The van der Waals surface area contributed by atoms with Crippen molar-refractivity contribution in [2.75, 3.05) is 11.4 Å². The van der Waals surface area contributed by atoms with Gasteiger partial charge in [0.25, 0.3) is 0 Å². The molecular formula is C15H22ClN3. The van der Waals surface area contributed by atoms with Gasteiger partial charge in [0.15, 0.2) is 0 Å². The van der Waals surface area contributed by atoms with E-state index in [1.807, 2.05) is 12.1 Å². The normalized spacial score (nSPS) is 27.4. The van der Waals surface area contributed by atoms with Gasteiger partial charge in [-0.3, -0.25) is 5.41 Å². The SMILES string of the molecule is CC1CC(C)C(C)N(c2ccc(Cl)cc2C(=N)N)C1. The highest BCUT2D eigenvalue weighted by molar-refractivity contribution is 6.31. The molecule has 1 aromatic rings. The summed E-state index contributed by atoms with van der Waals surface area (Å²) in [6.45, 7) is 7.82. The number of amidine groups is 1. The van der Waals surface area contributed by atoms with E-state index in [9.17, 15) is 0 Å². The molecule has 2 rings (SSSR count). The molecule has 0 bridgehead atoms. The fraction of sp³-hybridized carbons (Fsp3) is 0.533. The number of benzene rings is 1. The van der Waals surface area contributed by atoms with Gasteiger partial charge < -0.3 is 10.6 Å². The lowest BCUT2D eigenvalue weighted by Crippen LogP contribution is -2.46. The molecule has 3 atom stereocenters. The molecular weight excluding hydrogens is 258 g/mol. The second kappa shape index (κ2) is 5.41. The summed E-state index contributed by atoms with van der Waals surface area (Å²) in [5, 5.41) is 8.38. The fourth-order valence-corrected chi connectivity index (χ4v) is 3.18. The minimum atomic E-state index is 0.0792. The van der Waals surface area contributed by atoms with Crippen molar-refractivity contribution >= 4 is 23.1 Å². The van der Waals surface area contributed by atoms with Crippen LogP contribution in [0, 0.1) is 17.2 Å². The van der Waals surface area contributed by atoms with Gasteiger partial charge in [-0.1, -0.05) is 25.4 Å². The van der Waals surface area contributed by atoms with Crippen molar-refractivity contribution in [1.29, 1.82) is 5.41 Å². The Kier molecular flexibility index (Phi) is 4.04. The first-order chi connectivity index (χ1) is 8.90. The highest BCUT2D eigenvalue weighted by Gasteiger charge is 2.30. The van der Waals surface area contributed by atoms with E-state index in [2.05, 4.69) is 25.7 Å². The number of anilines is 1. The molecule has 1 heterocycles. The summed E-state index contributed by atoms with van der Waals surface area (Å²) in [4.78, 5) is 2.37. The smallest absolute Gasteiger partial charge is 0.124 e. The van der Waals surface area contributed by atoms with E-state index in [1.54, 1.807) is 6.07 Å². The van der Waals surface area contributed by atoms with Gasteiger partial charge in [0.05, 0.1) is 0 Å². The number of nitrogen functional groups attached to an aromatic ring is 1. The average Bonchev–Trinajstić information content (AvgIpc) is 2.34. The molecule has 4 heteroatoms. The second-order valence-electron chi connectivity index (χ2n) is 5.79. The monoisotopic (exact) mass is 279 g/mol. The number of nitrogens with two attached hydrogens (primary N) is 1. The molecule has 3 N–H and O–H groups in total. The summed E-state index contributed by atoms with van der Waals surface area (Å²) in [5.41, 5.74) is 7.47. The van der Waals surface area contributed by atoms with E-state index in [1.165, 1.54) is 6.42 Å². The van der Waals surface area contributed by atoms with Crippen molar-refractivity contribution in [3.8, 4) is 0 Å². The second-order valence-corrected chi connectivity index (χ2v) is 6.22. The first kappa shape index (κ1) is 14.2. The lowest BCUT2D eigenvalue weighted by atomic mass is 9.85. The zero-order valence-corrected chi connectivity index (χ0v) is 12.5. The van der Waals surface area contributed by atoms with Crippen molar-refractivity contribution in [2.24, 2.45) is 17.6 Å². The van der Waals surface area contributed by atoms with Gasteiger partial charge in [-0.2, -0.15) is 0 Å². The average molecular weight is 280 g/mol. The molecule has 0 saturated carbocycles. The van der Waals surface area contributed by atoms with Gasteiger partial charge in [0.2, 0.25) is 0 Å². The molecule has 3 nitrogen and oxygen atoms in total. The first-order valence-electron chi connectivity index (χ1n) is 6.80. The van der Waals surface area contributed by atoms with Crippen LogP contribution in [0.2, 0.25) is 5.02 Å². The van der Waals surface area contributed by atoms with Gasteiger partial charge in [0, 0.05) is 28.9 Å². The van der Waals surface area contributed by atoms with Gasteiger partial charge in [-0.15, -0.1) is 0 Å². The molecule has 0 aromatic heterocycles. The van der Waals surface area contributed by atoms with Crippen molar-refractivity contribution in [3.63, 3.8) is 0 Å². The third-order valence-corrected chi connectivity index (χ3v) is 4.39. The van der Waals surface area contributed by atoms with Gasteiger partial charge in [-0.05, 0) is 43.4 Å². The molecule has 1 aliphatic rings. The van der Waals surface area contributed by atoms with Crippen LogP contribution in [0.25, 0.3) is 0 Å². The lowest BCUT2D eigenvalue weighted by molar-refractivity contribution is 0.297. The van der Waals surface area contributed by atoms with Crippen LogP contribution in [0.15, 0.2) is 18.2 Å². The minimum Gasteiger partial charge on any atom is -0.384 e. The lowest BCUT2D eigenvalue weighted by Gasteiger charge is -2.43. The Morgan fingerprint density at radius 1 is 1.37 bits per heavy atom. The van der Waals surface area contributed by atoms with E-state index in [0.717, 1.165) is 17.8 Å². The van der Waals surface area contributed by atoms with Crippen LogP contribution in [0.4, 0.5) is 5.69 Å². The number of hydrogen-bond donors (Lipinski definition) is 2. The third-order valence-electron chi connectivity index (χ3n) is 4.16. The zero-order chi connectivity index (χ0) is 14.2. The van der Waals surface area contributed by atoms with Crippen LogP contribution < -0.4 is 10.6 Å². The summed E-state index contributed by atoms with van der Waals surface area (Å²) in [5.74, 6) is 1.37.